The molecule has 0 aromatic carbocycles. The van der Waals surface area contributed by atoms with Crippen molar-refractivity contribution in [3.05, 3.63) is 45.4 Å². The van der Waals surface area contributed by atoms with Gasteiger partial charge in [-0.1, -0.05) is 11.6 Å². The van der Waals surface area contributed by atoms with Crippen LogP contribution in [0.5, 0.6) is 0 Å². The number of hydrogen-bond acceptors (Lipinski definition) is 4. The number of nitrogens with one attached hydrogen (secondary N) is 1. The maximum absolute atomic E-state index is 7.28. The van der Waals surface area contributed by atoms with E-state index in [0.717, 1.165) is 16.6 Å². The van der Waals surface area contributed by atoms with E-state index in [1.807, 2.05) is 25.2 Å². The van der Waals surface area contributed by atoms with Crippen LogP contribution in [0.15, 0.2) is 30.5 Å². The van der Waals surface area contributed by atoms with Gasteiger partial charge in [0, 0.05) is 11.9 Å². The van der Waals surface area contributed by atoms with E-state index in [9.17, 15) is 0 Å². The molecular formula is C12H13ClN4S. The molecule has 18 heavy (non-hydrogen) atoms. The lowest BCUT2D eigenvalue weighted by Gasteiger charge is -2.18. The Morgan fingerprint density at radius 2 is 2.22 bits per heavy atom. The van der Waals surface area contributed by atoms with Gasteiger partial charge in [0.25, 0.3) is 0 Å². The van der Waals surface area contributed by atoms with E-state index in [4.69, 9.17) is 22.7 Å². The van der Waals surface area contributed by atoms with Gasteiger partial charge in [-0.2, -0.15) is 0 Å². The van der Waals surface area contributed by atoms with Crippen LogP contribution < -0.4 is 10.6 Å². The number of pyridine rings is 1. The van der Waals surface area contributed by atoms with Crippen LogP contribution >= 0.6 is 22.9 Å². The fourth-order valence-corrected chi connectivity index (χ4v) is 2.67. The number of nitrogens with two attached hydrogens (primary N) is 1. The van der Waals surface area contributed by atoms with E-state index >= 15 is 0 Å². The van der Waals surface area contributed by atoms with Crippen molar-refractivity contribution in [1.82, 2.24) is 4.98 Å². The van der Waals surface area contributed by atoms with E-state index in [1.54, 1.807) is 23.6 Å². The van der Waals surface area contributed by atoms with Gasteiger partial charge in [0.2, 0.25) is 0 Å². The van der Waals surface area contributed by atoms with Crippen LogP contribution in [0.1, 0.15) is 10.6 Å². The summed E-state index contributed by atoms with van der Waals surface area (Å²) in [5.41, 5.74) is 6.83. The Kier molecular flexibility index (Phi) is 3.84. The van der Waals surface area contributed by atoms with Gasteiger partial charge in [-0.25, -0.2) is 0 Å². The molecule has 2 heterocycles. The van der Waals surface area contributed by atoms with E-state index in [1.165, 1.54) is 4.88 Å². The highest BCUT2D eigenvalue weighted by atomic mass is 35.5. The summed E-state index contributed by atoms with van der Waals surface area (Å²) in [5.74, 6) is -0.0192. The molecule has 0 bridgehead atoms. The quantitative estimate of drug-likeness (QED) is 0.668. The fraction of sp³-hybridized carbons (Fsp3) is 0.167. The molecule has 0 saturated carbocycles. The number of halogens is 1. The van der Waals surface area contributed by atoms with Crippen LogP contribution in [-0.2, 0) is 6.54 Å². The fourth-order valence-electron chi connectivity index (χ4n) is 1.53. The first-order valence-electron chi connectivity index (χ1n) is 5.32. The number of rotatable bonds is 4. The summed E-state index contributed by atoms with van der Waals surface area (Å²) in [6, 6.07) is 7.56. The molecule has 0 atom stereocenters. The first-order valence-corrected chi connectivity index (χ1v) is 6.51. The molecule has 94 valence electrons. The van der Waals surface area contributed by atoms with Gasteiger partial charge in [-0.15, -0.1) is 11.3 Å². The summed E-state index contributed by atoms with van der Waals surface area (Å²) in [4.78, 5) is 7.39. The second-order valence-electron chi connectivity index (χ2n) is 3.88. The minimum Gasteiger partial charge on any atom is -0.382 e. The summed E-state index contributed by atoms with van der Waals surface area (Å²) in [6.45, 7) is 0.776. The van der Waals surface area contributed by atoms with Crippen LogP contribution in [0.3, 0.4) is 0 Å². The molecule has 3 N–H and O–H groups in total. The van der Waals surface area contributed by atoms with E-state index in [2.05, 4.69) is 9.88 Å². The number of amidine groups is 1. The third-order valence-corrected chi connectivity index (χ3v) is 3.70. The number of thiophene rings is 1. The molecule has 0 spiro atoms. The van der Waals surface area contributed by atoms with Gasteiger partial charge in [-0.05, 0) is 24.3 Å². The summed E-state index contributed by atoms with van der Waals surface area (Å²) in [7, 11) is 1.98. The van der Waals surface area contributed by atoms with Crippen molar-refractivity contribution in [1.29, 1.82) is 5.41 Å². The zero-order chi connectivity index (χ0) is 13.1. The third kappa shape index (κ3) is 3.00. The Morgan fingerprint density at radius 1 is 1.44 bits per heavy atom. The molecule has 0 radical (unpaired) electrons. The number of nitrogen functional groups attached to an aromatic ring is 1. The molecule has 4 nitrogen and oxygen atoms in total. The lowest BCUT2D eigenvalue weighted by molar-refractivity contribution is 0.934. The molecule has 0 amide bonds. The van der Waals surface area contributed by atoms with Crippen molar-refractivity contribution < 1.29 is 0 Å². The Hall–Kier alpha value is -1.59. The van der Waals surface area contributed by atoms with Crippen molar-refractivity contribution in [2.24, 2.45) is 5.73 Å². The lowest BCUT2D eigenvalue weighted by atomic mass is 10.3. The van der Waals surface area contributed by atoms with Gasteiger partial charge in [0.15, 0.2) is 0 Å². The average Bonchev–Trinajstić information content (AvgIpc) is 2.75. The maximum atomic E-state index is 7.28. The predicted molar refractivity (Wildman–Crippen MR) is 76.7 cm³/mol. The van der Waals surface area contributed by atoms with Gasteiger partial charge in [0.1, 0.15) is 11.5 Å². The van der Waals surface area contributed by atoms with Gasteiger partial charge in [0.05, 0.1) is 22.8 Å². The Labute approximate surface area is 115 Å². The average molecular weight is 281 g/mol. The lowest BCUT2D eigenvalue weighted by Crippen LogP contribution is -2.17. The van der Waals surface area contributed by atoms with E-state index in [-0.39, 0.29) is 5.84 Å². The monoisotopic (exact) mass is 280 g/mol. The van der Waals surface area contributed by atoms with Crippen molar-refractivity contribution >= 4 is 34.5 Å². The Morgan fingerprint density at radius 3 is 2.72 bits per heavy atom. The first kappa shape index (κ1) is 12.9. The van der Waals surface area contributed by atoms with Crippen LogP contribution in [0.2, 0.25) is 4.34 Å². The van der Waals surface area contributed by atoms with Crippen LogP contribution in [0.25, 0.3) is 0 Å². The van der Waals surface area contributed by atoms with Gasteiger partial charge in [-0.3, -0.25) is 10.4 Å². The first-order chi connectivity index (χ1) is 8.56. The second-order valence-corrected chi connectivity index (χ2v) is 5.68. The standard InChI is InChI=1S/C12H13ClN4S/c1-17(7-9-3-5-11(13)18-9)8-2-4-10(12(14)15)16-6-8/h2-6H,7H2,1H3,(H3,14,15). The highest BCUT2D eigenvalue weighted by Crippen LogP contribution is 2.24. The van der Waals surface area contributed by atoms with E-state index < -0.39 is 0 Å². The van der Waals surface area contributed by atoms with E-state index in [0.29, 0.717) is 5.69 Å². The molecule has 0 saturated heterocycles. The molecule has 2 rings (SSSR count). The summed E-state index contributed by atoms with van der Waals surface area (Å²) >= 11 is 7.46. The topological polar surface area (TPSA) is 66.0 Å². The zero-order valence-corrected chi connectivity index (χ0v) is 11.4. The third-order valence-electron chi connectivity index (χ3n) is 2.49. The van der Waals surface area contributed by atoms with Crippen LogP contribution in [0.4, 0.5) is 5.69 Å². The second kappa shape index (κ2) is 5.37. The summed E-state index contributed by atoms with van der Waals surface area (Å²) < 4.78 is 0.795. The minimum atomic E-state index is -0.0192. The van der Waals surface area contributed by atoms with Crippen molar-refractivity contribution in [3.8, 4) is 0 Å². The number of anilines is 1. The SMILES string of the molecule is CN(Cc1ccc(Cl)s1)c1ccc(C(=N)N)nc1. The molecule has 0 aliphatic heterocycles. The number of nitrogens with zero attached hydrogens (tertiary/aromatic N) is 2. The number of aromatic nitrogens is 1. The minimum absolute atomic E-state index is 0.0192. The normalized spacial score (nSPS) is 10.3. The molecule has 6 heteroatoms. The van der Waals surface area contributed by atoms with Crippen molar-refractivity contribution in [3.63, 3.8) is 0 Å². The van der Waals surface area contributed by atoms with Crippen molar-refractivity contribution in [2.75, 3.05) is 11.9 Å². The predicted octanol–water partition coefficient (Wildman–Crippen LogP) is 2.72. The summed E-state index contributed by atoms with van der Waals surface area (Å²) in [5, 5.41) is 7.28. The molecule has 0 aliphatic rings. The smallest absolute Gasteiger partial charge is 0.141 e. The molecular weight excluding hydrogens is 268 g/mol. The maximum Gasteiger partial charge on any atom is 0.141 e. The van der Waals surface area contributed by atoms with Crippen LogP contribution in [0, 0.1) is 5.41 Å². The molecule has 0 unspecified atom stereocenters. The van der Waals surface area contributed by atoms with Gasteiger partial charge < -0.3 is 10.6 Å². The molecule has 0 fully saturated rings. The zero-order valence-electron chi connectivity index (χ0n) is 9.85. The van der Waals surface area contributed by atoms with Crippen LogP contribution in [-0.4, -0.2) is 17.9 Å². The Balaban J connectivity index is 2.09. The number of hydrogen-bond donors (Lipinski definition) is 2. The Bertz CT molecular complexity index is 549. The van der Waals surface area contributed by atoms with Crippen molar-refractivity contribution in [2.45, 2.75) is 6.54 Å². The van der Waals surface area contributed by atoms with Gasteiger partial charge >= 0.3 is 0 Å². The molecule has 0 aliphatic carbocycles. The highest BCUT2D eigenvalue weighted by Gasteiger charge is 2.06. The molecule has 2 aromatic rings. The summed E-state index contributed by atoms with van der Waals surface area (Å²) in [6.07, 6.45) is 1.71. The molecule has 2 aromatic heterocycles. The highest BCUT2D eigenvalue weighted by molar-refractivity contribution is 7.16. The largest absolute Gasteiger partial charge is 0.382 e.